The monoisotopic (exact) mass is 478 g/mol. The Labute approximate surface area is 190 Å². The lowest BCUT2D eigenvalue weighted by atomic mass is 10.2. The summed E-state index contributed by atoms with van der Waals surface area (Å²) in [4.78, 5) is 52.3. The van der Waals surface area contributed by atoms with Crippen molar-refractivity contribution in [1.82, 2.24) is 19.2 Å². The quantitative estimate of drug-likeness (QED) is 0.473. The molecule has 0 radical (unpaired) electrons. The molecule has 1 aromatic carbocycles. The summed E-state index contributed by atoms with van der Waals surface area (Å²) in [6.45, 7) is 2.18. The van der Waals surface area contributed by atoms with Crippen LogP contribution < -0.4 is 27.2 Å². The van der Waals surface area contributed by atoms with Crippen LogP contribution in [0.25, 0.3) is 0 Å². The van der Waals surface area contributed by atoms with Crippen LogP contribution in [0.15, 0.2) is 38.8 Å². The van der Waals surface area contributed by atoms with Crippen molar-refractivity contribution < 1.29 is 18.0 Å². The van der Waals surface area contributed by atoms with E-state index < -0.39 is 33.1 Å². The Morgan fingerprint density at radius 1 is 1.24 bits per heavy atom. The molecule has 0 bridgehead atoms. The molecule has 178 valence electrons. The van der Waals surface area contributed by atoms with Gasteiger partial charge in [0.1, 0.15) is 5.82 Å². The maximum absolute atomic E-state index is 13.1. The molecule has 1 aliphatic rings. The second-order valence-electron chi connectivity index (χ2n) is 7.58. The molecule has 1 saturated heterocycles. The van der Waals surface area contributed by atoms with Gasteiger partial charge in [-0.15, -0.1) is 0 Å². The smallest absolute Gasteiger partial charge is 0.330 e. The van der Waals surface area contributed by atoms with Gasteiger partial charge >= 0.3 is 5.69 Å². The first kappa shape index (κ1) is 24.2. The van der Waals surface area contributed by atoms with Crippen molar-refractivity contribution in [3.05, 3.63) is 50.7 Å². The number of nitrogens with two attached hydrogens (primary N) is 1. The molecule has 13 heteroatoms. The highest BCUT2D eigenvalue weighted by Gasteiger charge is 2.30. The van der Waals surface area contributed by atoms with Crippen molar-refractivity contribution in [2.24, 2.45) is 0 Å². The van der Waals surface area contributed by atoms with Crippen LogP contribution in [-0.4, -0.2) is 60.8 Å². The summed E-state index contributed by atoms with van der Waals surface area (Å²) in [6.07, 6.45) is 1.43. The maximum atomic E-state index is 13.1. The number of anilines is 2. The zero-order valence-corrected chi connectivity index (χ0v) is 19.1. The number of benzene rings is 1. The maximum Gasteiger partial charge on any atom is 0.330 e. The summed E-state index contributed by atoms with van der Waals surface area (Å²) < 4.78 is 28.1. The highest BCUT2D eigenvalue weighted by atomic mass is 32.2. The number of unbranched alkanes of at least 4 members (excludes halogenated alkanes) is 1. The van der Waals surface area contributed by atoms with Crippen molar-refractivity contribution in [2.45, 2.75) is 31.2 Å². The van der Waals surface area contributed by atoms with Crippen LogP contribution in [0.5, 0.6) is 0 Å². The first-order valence-corrected chi connectivity index (χ1v) is 11.8. The third-order valence-corrected chi connectivity index (χ3v) is 7.15. The molecule has 2 aromatic rings. The van der Waals surface area contributed by atoms with Crippen LogP contribution in [-0.2, 0) is 21.4 Å². The topological polar surface area (TPSA) is 168 Å². The van der Waals surface area contributed by atoms with E-state index in [0.29, 0.717) is 6.42 Å². The molecule has 0 unspecified atom stereocenters. The van der Waals surface area contributed by atoms with Gasteiger partial charge < -0.3 is 16.0 Å². The molecule has 3 rings (SSSR count). The minimum Gasteiger partial charge on any atom is -0.383 e. The fraction of sp³-hybridized carbons (Fsp3) is 0.400. The second-order valence-corrected chi connectivity index (χ2v) is 9.52. The normalized spacial score (nSPS) is 14.7. The average molecular weight is 479 g/mol. The van der Waals surface area contributed by atoms with E-state index in [1.54, 1.807) is 0 Å². The number of nitrogens with one attached hydrogen (secondary N) is 2. The van der Waals surface area contributed by atoms with Gasteiger partial charge in [-0.3, -0.25) is 23.9 Å². The van der Waals surface area contributed by atoms with Gasteiger partial charge in [-0.2, -0.15) is 4.31 Å². The molecule has 0 aliphatic carbocycles. The van der Waals surface area contributed by atoms with E-state index in [9.17, 15) is 27.6 Å². The first-order valence-electron chi connectivity index (χ1n) is 10.4. The second kappa shape index (κ2) is 9.58. The van der Waals surface area contributed by atoms with Crippen LogP contribution in [0.2, 0.25) is 0 Å². The van der Waals surface area contributed by atoms with Gasteiger partial charge in [-0.05, 0) is 24.6 Å². The van der Waals surface area contributed by atoms with Crippen molar-refractivity contribution in [3.63, 3.8) is 0 Å². The molecule has 4 N–H and O–H groups in total. The standard InChI is InChI=1S/C20H26N6O6S/c1-3-4-9-26-17(21)16(18(28)23-20(26)30)24(2)19(29)13-6-5-7-14(11-13)33(31,32)25-10-8-22-15(27)12-25/h5-7,11H,3-4,8-10,12,21H2,1-2H3,(H,22,27)(H,23,28,30). The number of rotatable bonds is 7. The first-order chi connectivity index (χ1) is 15.6. The van der Waals surface area contributed by atoms with Gasteiger partial charge in [0.05, 0.1) is 11.4 Å². The van der Waals surface area contributed by atoms with E-state index in [-0.39, 0.29) is 48.1 Å². The molecule has 2 amide bonds. The van der Waals surface area contributed by atoms with E-state index in [2.05, 4.69) is 10.3 Å². The fourth-order valence-corrected chi connectivity index (χ4v) is 4.94. The summed E-state index contributed by atoms with van der Waals surface area (Å²) in [5.41, 5.74) is 4.34. The minimum absolute atomic E-state index is 0.00913. The average Bonchev–Trinajstić information content (AvgIpc) is 2.78. The molecule has 33 heavy (non-hydrogen) atoms. The number of piperazine rings is 1. The van der Waals surface area contributed by atoms with Crippen molar-refractivity contribution >= 4 is 33.3 Å². The largest absolute Gasteiger partial charge is 0.383 e. The number of carbonyl (C=O) groups excluding carboxylic acids is 2. The number of H-pyrrole nitrogens is 1. The van der Waals surface area contributed by atoms with Crippen LogP contribution in [0.1, 0.15) is 30.1 Å². The number of aromatic amines is 1. The fourth-order valence-electron chi connectivity index (χ4n) is 3.49. The predicted octanol–water partition coefficient (Wildman–Crippen LogP) is -0.684. The van der Waals surface area contributed by atoms with Crippen LogP contribution in [0, 0.1) is 0 Å². The lowest BCUT2D eigenvalue weighted by Gasteiger charge is -2.26. The highest BCUT2D eigenvalue weighted by Crippen LogP contribution is 2.21. The van der Waals surface area contributed by atoms with Crippen LogP contribution in [0.4, 0.5) is 11.5 Å². The third kappa shape index (κ3) is 4.83. The van der Waals surface area contributed by atoms with Gasteiger partial charge in [-0.1, -0.05) is 19.4 Å². The number of nitrogen functional groups attached to an aromatic ring is 1. The summed E-state index contributed by atoms with van der Waals surface area (Å²) in [5, 5.41) is 2.56. The summed E-state index contributed by atoms with van der Waals surface area (Å²) in [7, 11) is -2.70. The Hall–Kier alpha value is -3.45. The van der Waals surface area contributed by atoms with Crippen molar-refractivity contribution in [1.29, 1.82) is 0 Å². The van der Waals surface area contributed by atoms with E-state index in [4.69, 9.17) is 5.73 Å². The lowest BCUT2D eigenvalue weighted by Crippen LogP contribution is -2.49. The minimum atomic E-state index is -4.02. The third-order valence-electron chi connectivity index (χ3n) is 5.31. The van der Waals surface area contributed by atoms with Gasteiger partial charge in [0.2, 0.25) is 15.9 Å². The van der Waals surface area contributed by atoms with E-state index in [0.717, 1.165) is 15.6 Å². The van der Waals surface area contributed by atoms with Gasteiger partial charge in [-0.25, -0.2) is 13.2 Å². The molecule has 1 fully saturated rings. The zero-order valence-electron chi connectivity index (χ0n) is 18.3. The van der Waals surface area contributed by atoms with E-state index in [1.807, 2.05) is 6.92 Å². The van der Waals surface area contributed by atoms with Crippen LogP contribution in [0.3, 0.4) is 0 Å². The van der Waals surface area contributed by atoms with E-state index >= 15 is 0 Å². The molecular weight excluding hydrogens is 452 g/mol. The Morgan fingerprint density at radius 2 is 1.97 bits per heavy atom. The number of carbonyl (C=O) groups is 2. The zero-order chi connectivity index (χ0) is 24.3. The number of hydrogen-bond donors (Lipinski definition) is 3. The molecule has 0 spiro atoms. The summed E-state index contributed by atoms with van der Waals surface area (Å²) in [5.74, 6) is -1.26. The van der Waals surface area contributed by atoms with E-state index in [1.165, 1.54) is 35.9 Å². The predicted molar refractivity (Wildman–Crippen MR) is 122 cm³/mol. The SMILES string of the molecule is CCCCn1c(N)c(N(C)C(=O)c2cccc(S(=O)(=O)N3CCNC(=O)C3)c2)c(=O)[nH]c1=O. The Balaban J connectivity index is 1.96. The summed E-state index contributed by atoms with van der Waals surface area (Å²) >= 11 is 0. The molecule has 1 aromatic heterocycles. The van der Waals surface area contributed by atoms with Crippen molar-refractivity contribution in [3.8, 4) is 0 Å². The number of sulfonamides is 1. The number of aromatic nitrogens is 2. The van der Waals surface area contributed by atoms with Crippen molar-refractivity contribution in [2.75, 3.05) is 37.3 Å². The van der Waals surface area contributed by atoms with Crippen LogP contribution >= 0.6 is 0 Å². The molecule has 12 nitrogen and oxygen atoms in total. The number of amides is 2. The number of nitrogens with zero attached hydrogens (tertiary/aromatic N) is 3. The Morgan fingerprint density at radius 3 is 2.64 bits per heavy atom. The van der Waals surface area contributed by atoms with Gasteiger partial charge in [0.15, 0.2) is 5.69 Å². The Bertz CT molecular complexity index is 1300. The molecule has 1 aliphatic heterocycles. The van der Waals surface area contributed by atoms with Gasteiger partial charge in [0, 0.05) is 32.2 Å². The highest BCUT2D eigenvalue weighted by molar-refractivity contribution is 7.89. The molecule has 0 saturated carbocycles. The Kier molecular flexibility index (Phi) is 7.03. The molecule has 0 atom stereocenters. The molecular formula is C20H26N6O6S. The lowest BCUT2D eigenvalue weighted by molar-refractivity contribution is -0.122. The van der Waals surface area contributed by atoms with Gasteiger partial charge in [0.25, 0.3) is 11.5 Å². The molecule has 2 heterocycles. The summed E-state index contributed by atoms with van der Waals surface area (Å²) in [6, 6.07) is 5.30. The number of hydrogen-bond acceptors (Lipinski definition) is 7.